The van der Waals surface area contributed by atoms with Crippen LogP contribution in [0.4, 0.5) is 5.69 Å². The maximum absolute atomic E-state index is 11.1. The lowest BCUT2D eigenvalue weighted by molar-refractivity contribution is -0.114. The van der Waals surface area contributed by atoms with Gasteiger partial charge in [0.15, 0.2) is 5.75 Å². The smallest absolute Gasteiger partial charge is 0.337 e. The highest BCUT2D eigenvalue weighted by molar-refractivity contribution is 6.33. The first kappa shape index (κ1) is 14.8. The van der Waals surface area contributed by atoms with Crippen LogP contribution >= 0.6 is 11.6 Å². The highest BCUT2D eigenvalue weighted by Crippen LogP contribution is 2.29. The van der Waals surface area contributed by atoms with E-state index >= 15 is 0 Å². The second-order valence-corrected chi connectivity index (χ2v) is 4.49. The second-order valence-electron chi connectivity index (χ2n) is 4.09. The van der Waals surface area contributed by atoms with Crippen LogP contribution in [0, 0.1) is 0 Å². The molecular weight excluding hydrogens is 296 g/mol. The lowest BCUT2D eigenvalue weighted by Crippen LogP contribution is -2.07. The minimum atomic E-state index is -1.18. The number of nitrogens with zero attached hydrogens (tertiary/aromatic N) is 1. The summed E-state index contributed by atoms with van der Waals surface area (Å²) in [6.07, 6.45) is 1.20. The molecule has 1 heterocycles. The van der Waals surface area contributed by atoms with E-state index in [1.807, 2.05) is 0 Å². The quantitative estimate of drug-likeness (QED) is 0.905. The van der Waals surface area contributed by atoms with Gasteiger partial charge in [-0.15, -0.1) is 0 Å². The molecule has 0 aliphatic rings. The molecule has 2 rings (SSSR count). The first-order chi connectivity index (χ1) is 9.97. The summed E-state index contributed by atoms with van der Waals surface area (Å²) in [5.74, 6) is -1.02. The number of carbonyl (C=O) groups is 2. The molecule has 1 aromatic carbocycles. The highest BCUT2D eigenvalue weighted by Gasteiger charge is 2.13. The lowest BCUT2D eigenvalue weighted by Gasteiger charge is -2.11. The number of carboxylic acid groups (broad SMARTS) is 1. The predicted octanol–water partition coefficient (Wildman–Crippen LogP) is 3.18. The molecule has 0 saturated heterocycles. The summed E-state index contributed by atoms with van der Waals surface area (Å²) in [7, 11) is 0. The van der Waals surface area contributed by atoms with Gasteiger partial charge in [0.25, 0.3) is 0 Å². The van der Waals surface area contributed by atoms with Crippen LogP contribution in [-0.2, 0) is 4.79 Å². The Kier molecular flexibility index (Phi) is 4.39. The highest BCUT2D eigenvalue weighted by atomic mass is 35.5. The van der Waals surface area contributed by atoms with E-state index in [9.17, 15) is 9.59 Å². The molecule has 108 valence electrons. The van der Waals surface area contributed by atoms with Gasteiger partial charge in [-0.05, 0) is 12.1 Å². The number of para-hydroxylation sites is 2. The van der Waals surface area contributed by atoms with Gasteiger partial charge in [0.2, 0.25) is 11.8 Å². The van der Waals surface area contributed by atoms with Crippen molar-refractivity contribution in [2.45, 2.75) is 6.92 Å². The average Bonchev–Trinajstić information content (AvgIpc) is 2.42. The predicted molar refractivity (Wildman–Crippen MR) is 77.0 cm³/mol. The number of amides is 1. The Labute approximate surface area is 125 Å². The number of carbonyl (C=O) groups excluding carboxylic acids is 1. The van der Waals surface area contributed by atoms with Crippen molar-refractivity contribution in [3.8, 4) is 11.6 Å². The van der Waals surface area contributed by atoms with Crippen molar-refractivity contribution in [3.05, 3.63) is 47.1 Å². The first-order valence-corrected chi connectivity index (χ1v) is 6.28. The molecule has 7 heteroatoms. The van der Waals surface area contributed by atoms with Crippen LogP contribution in [0.25, 0.3) is 0 Å². The van der Waals surface area contributed by atoms with Gasteiger partial charge in [0.05, 0.1) is 22.5 Å². The zero-order valence-corrected chi connectivity index (χ0v) is 11.7. The summed E-state index contributed by atoms with van der Waals surface area (Å²) in [5, 5.41) is 11.6. The Morgan fingerprint density at radius 1 is 1.33 bits per heavy atom. The number of aromatic carboxylic acids is 1. The molecule has 0 aliphatic carbocycles. The van der Waals surface area contributed by atoms with E-state index in [2.05, 4.69) is 10.3 Å². The Bertz CT molecular complexity index is 703. The van der Waals surface area contributed by atoms with E-state index in [1.54, 1.807) is 24.3 Å². The minimum absolute atomic E-state index is 0.0185. The van der Waals surface area contributed by atoms with Crippen LogP contribution in [0.2, 0.25) is 5.02 Å². The van der Waals surface area contributed by atoms with Gasteiger partial charge in [-0.1, -0.05) is 23.7 Å². The summed E-state index contributed by atoms with van der Waals surface area (Å²) in [6.45, 7) is 1.37. The van der Waals surface area contributed by atoms with Gasteiger partial charge >= 0.3 is 5.97 Å². The maximum Gasteiger partial charge on any atom is 0.337 e. The summed E-state index contributed by atoms with van der Waals surface area (Å²) in [4.78, 5) is 26.0. The van der Waals surface area contributed by atoms with E-state index in [0.717, 1.165) is 0 Å². The number of nitrogens with one attached hydrogen (secondary N) is 1. The number of rotatable bonds is 4. The number of carboxylic acids is 1. The topological polar surface area (TPSA) is 88.5 Å². The molecule has 2 aromatic rings. The molecule has 0 radical (unpaired) electrons. The summed E-state index contributed by atoms with van der Waals surface area (Å²) < 4.78 is 5.51. The molecular formula is C14H11ClN2O4. The van der Waals surface area contributed by atoms with Gasteiger partial charge in [0, 0.05) is 13.0 Å². The largest absolute Gasteiger partial charge is 0.478 e. The standard InChI is InChI=1S/C14H11ClN2O4/c1-8(18)17-11-4-2-3-5-12(11)21-13-6-9(14(19)20)10(15)7-16-13/h2-7H,1H3,(H,17,18)(H,19,20). The van der Waals surface area contributed by atoms with Crippen LogP contribution < -0.4 is 10.1 Å². The molecule has 0 fully saturated rings. The van der Waals surface area contributed by atoms with E-state index in [1.165, 1.54) is 19.2 Å². The molecule has 0 bridgehead atoms. The van der Waals surface area contributed by atoms with Crippen LogP contribution in [0.1, 0.15) is 17.3 Å². The van der Waals surface area contributed by atoms with Gasteiger partial charge in [0.1, 0.15) is 0 Å². The molecule has 0 unspecified atom stereocenters. The number of ether oxygens (including phenoxy) is 1. The Balaban J connectivity index is 2.32. The van der Waals surface area contributed by atoms with Crippen LogP contribution in [0.5, 0.6) is 11.6 Å². The molecule has 0 saturated carbocycles. The summed E-state index contributed by atoms with van der Waals surface area (Å²) >= 11 is 5.74. The van der Waals surface area contributed by atoms with E-state index in [4.69, 9.17) is 21.4 Å². The van der Waals surface area contributed by atoms with Crippen molar-refractivity contribution in [3.63, 3.8) is 0 Å². The fourth-order valence-corrected chi connectivity index (χ4v) is 1.78. The number of hydrogen-bond acceptors (Lipinski definition) is 4. The van der Waals surface area contributed by atoms with Crippen molar-refractivity contribution in [2.75, 3.05) is 5.32 Å². The molecule has 1 aromatic heterocycles. The molecule has 0 spiro atoms. The normalized spacial score (nSPS) is 10.0. The monoisotopic (exact) mass is 306 g/mol. The average molecular weight is 307 g/mol. The van der Waals surface area contributed by atoms with Crippen LogP contribution in [0.15, 0.2) is 36.5 Å². The van der Waals surface area contributed by atoms with Crippen molar-refractivity contribution in [1.82, 2.24) is 4.98 Å². The maximum atomic E-state index is 11.1. The number of aromatic nitrogens is 1. The fourth-order valence-electron chi connectivity index (χ4n) is 1.60. The molecule has 2 N–H and O–H groups in total. The molecule has 21 heavy (non-hydrogen) atoms. The lowest BCUT2D eigenvalue weighted by atomic mass is 10.2. The van der Waals surface area contributed by atoms with Gasteiger partial charge in [-0.3, -0.25) is 4.79 Å². The van der Waals surface area contributed by atoms with Crippen molar-refractivity contribution in [2.24, 2.45) is 0 Å². The number of halogens is 1. The van der Waals surface area contributed by atoms with Gasteiger partial charge in [-0.2, -0.15) is 0 Å². The third-order valence-electron chi connectivity index (χ3n) is 2.47. The first-order valence-electron chi connectivity index (χ1n) is 5.90. The van der Waals surface area contributed by atoms with Gasteiger partial charge < -0.3 is 15.2 Å². The van der Waals surface area contributed by atoms with E-state index in [0.29, 0.717) is 11.4 Å². The van der Waals surface area contributed by atoms with Crippen LogP contribution in [0.3, 0.4) is 0 Å². The Hall–Kier alpha value is -2.60. The summed E-state index contributed by atoms with van der Waals surface area (Å²) in [6, 6.07) is 7.95. The second kappa shape index (κ2) is 6.23. The van der Waals surface area contributed by atoms with E-state index in [-0.39, 0.29) is 22.4 Å². The summed E-state index contributed by atoms with van der Waals surface area (Å²) in [5.41, 5.74) is 0.345. The van der Waals surface area contributed by atoms with Crippen molar-refractivity contribution < 1.29 is 19.4 Å². The number of pyridine rings is 1. The number of benzene rings is 1. The zero-order chi connectivity index (χ0) is 15.4. The number of anilines is 1. The zero-order valence-electron chi connectivity index (χ0n) is 11.0. The SMILES string of the molecule is CC(=O)Nc1ccccc1Oc1cc(C(=O)O)c(Cl)cn1. The molecule has 1 amide bonds. The van der Waals surface area contributed by atoms with Gasteiger partial charge in [-0.25, -0.2) is 9.78 Å². The number of hydrogen-bond donors (Lipinski definition) is 2. The Morgan fingerprint density at radius 2 is 2.05 bits per heavy atom. The fraction of sp³-hybridized carbons (Fsp3) is 0.0714. The minimum Gasteiger partial charge on any atom is -0.478 e. The molecule has 0 atom stereocenters. The third kappa shape index (κ3) is 3.70. The van der Waals surface area contributed by atoms with Crippen LogP contribution in [-0.4, -0.2) is 22.0 Å². The van der Waals surface area contributed by atoms with Crippen molar-refractivity contribution >= 4 is 29.2 Å². The van der Waals surface area contributed by atoms with E-state index < -0.39 is 5.97 Å². The third-order valence-corrected chi connectivity index (χ3v) is 2.77. The molecule has 0 aliphatic heterocycles. The van der Waals surface area contributed by atoms with Crippen molar-refractivity contribution in [1.29, 1.82) is 0 Å². The molecule has 6 nitrogen and oxygen atoms in total. The Morgan fingerprint density at radius 3 is 2.71 bits per heavy atom.